The maximum Gasteiger partial charge on any atom is 0.243 e. The van der Waals surface area contributed by atoms with E-state index in [9.17, 15) is 16.8 Å². The zero-order valence-corrected chi connectivity index (χ0v) is 15.9. The molecule has 0 radical (unpaired) electrons. The molecule has 1 aliphatic heterocycles. The van der Waals surface area contributed by atoms with E-state index in [1.54, 1.807) is 6.92 Å². The van der Waals surface area contributed by atoms with Crippen LogP contribution in [0.1, 0.15) is 26.7 Å². The number of hydrogen-bond donors (Lipinski definition) is 1. The summed E-state index contributed by atoms with van der Waals surface area (Å²) in [5, 5.41) is 3.30. The third-order valence-corrected chi connectivity index (χ3v) is 8.07. The van der Waals surface area contributed by atoms with Gasteiger partial charge in [-0.25, -0.2) is 16.8 Å². The van der Waals surface area contributed by atoms with Crippen molar-refractivity contribution in [3.63, 3.8) is 0 Å². The van der Waals surface area contributed by atoms with Crippen LogP contribution in [-0.2, 0) is 19.9 Å². The van der Waals surface area contributed by atoms with Crippen LogP contribution in [-0.4, -0.2) is 53.1 Å². The molecule has 0 aromatic heterocycles. The van der Waals surface area contributed by atoms with E-state index < -0.39 is 19.9 Å². The van der Waals surface area contributed by atoms with Gasteiger partial charge in [-0.2, -0.15) is 4.31 Å². The monoisotopic (exact) mass is 374 g/mol. The van der Waals surface area contributed by atoms with E-state index in [4.69, 9.17) is 0 Å². The molecule has 1 aromatic rings. The predicted molar refractivity (Wildman–Crippen MR) is 94.2 cm³/mol. The maximum atomic E-state index is 12.8. The van der Waals surface area contributed by atoms with Crippen LogP contribution >= 0.6 is 0 Å². The van der Waals surface area contributed by atoms with Crippen molar-refractivity contribution in [1.29, 1.82) is 0 Å². The molecule has 1 saturated heterocycles. The van der Waals surface area contributed by atoms with Crippen molar-refractivity contribution in [2.24, 2.45) is 5.92 Å². The first-order valence-corrected chi connectivity index (χ1v) is 11.4. The quantitative estimate of drug-likeness (QED) is 0.782. The van der Waals surface area contributed by atoms with Crippen LogP contribution in [0.2, 0.25) is 0 Å². The molecular formula is C16H26N2O4S2. The van der Waals surface area contributed by atoms with Crippen LogP contribution in [0, 0.1) is 5.92 Å². The minimum Gasteiger partial charge on any atom is -0.317 e. The first-order chi connectivity index (χ1) is 11.3. The Kier molecular flexibility index (Phi) is 6.41. The van der Waals surface area contributed by atoms with Crippen LogP contribution in [0.5, 0.6) is 0 Å². The number of nitrogens with one attached hydrogen (secondary N) is 1. The van der Waals surface area contributed by atoms with E-state index in [1.165, 1.54) is 28.6 Å². The van der Waals surface area contributed by atoms with Gasteiger partial charge in [-0.15, -0.1) is 0 Å². The molecule has 0 saturated carbocycles. The molecule has 6 nitrogen and oxygen atoms in total. The lowest BCUT2D eigenvalue weighted by molar-refractivity contribution is 0.268. The number of benzene rings is 1. The smallest absolute Gasteiger partial charge is 0.243 e. The lowest BCUT2D eigenvalue weighted by atomic mass is 9.98. The minimum absolute atomic E-state index is 0.0493. The Balaban J connectivity index is 2.16. The third kappa shape index (κ3) is 4.36. The van der Waals surface area contributed by atoms with Gasteiger partial charge in [0.2, 0.25) is 10.0 Å². The largest absolute Gasteiger partial charge is 0.317 e. The first kappa shape index (κ1) is 19.4. The van der Waals surface area contributed by atoms with Crippen LogP contribution in [0.3, 0.4) is 0 Å². The summed E-state index contributed by atoms with van der Waals surface area (Å²) in [6.45, 7) is 6.38. The standard InChI is InChI=1S/C16H26N2O4S2/c1-3-17-13-14-8-10-18(11-9-14)24(21,22)16-7-5-6-15(12-16)23(19,20)4-2/h5-7,12,14,17H,3-4,8-11,13H2,1-2H3. The zero-order valence-electron chi connectivity index (χ0n) is 14.2. The molecule has 0 spiro atoms. The lowest BCUT2D eigenvalue weighted by Crippen LogP contribution is -2.40. The van der Waals surface area contributed by atoms with Crippen molar-refractivity contribution in [3.8, 4) is 0 Å². The second-order valence-corrected chi connectivity index (χ2v) is 10.2. The van der Waals surface area contributed by atoms with Gasteiger partial charge in [0.25, 0.3) is 0 Å². The highest BCUT2D eigenvalue weighted by Crippen LogP contribution is 2.25. The van der Waals surface area contributed by atoms with Crippen molar-refractivity contribution in [1.82, 2.24) is 9.62 Å². The summed E-state index contributed by atoms with van der Waals surface area (Å²) in [6.07, 6.45) is 1.64. The van der Waals surface area contributed by atoms with Gasteiger partial charge in [0, 0.05) is 13.1 Å². The molecule has 1 N–H and O–H groups in total. The van der Waals surface area contributed by atoms with Gasteiger partial charge in [0.15, 0.2) is 9.84 Å². The van der Waals surface area contributed by atoms with E-state index in [0.717, 1.165) is 25.9 Å². The molecule has 24 heavy (non-hydrogen) atoms. The van der Waals surface area contributed by atoms with Gasteiger partial charge in [-0.05, 0) is 50.0 Å². The highest BCUT2D eigenvalue weighted by molar-refractivity contribution is 7.91. The molecule has 1 heterocycles. The van der Waals surface area contributed by atoms with Crippen molar-refractivity contribution in [3.05, 3.63) is 24.3 Å². The number of hydrogen-bond acceptors (Lipinski definition) is 5. The van der Waals surface area contributed by atoms with Crippen LogP contribution in [0.25, 0.3) is 0 Å². The van der Waals surface area contributed by atoms with Gasteiger partial charge in [0.1, 0.15) is 0 Å². The normalized spacial score (nSPS) is 17.9. The Morgan fingerprint density at radius 1 is 1.08 bits per heavy atom. The molecule has 0 atom stereocenters. The zero-order chi connectivity index (χ0) is 17.8. The summed E-state index contributed by atoms with van der Waals surface area (Å²) in [6, 6.07) is 5.68. The SMILES string of the molecule is CCNCC1CCN(S(=O)(=O)c2cccc(S(=O)(=O)CC)c2)CC1. The van der Waals surface area contributed by atoms with Gasteiger partial charge >= 0.3 is 0 Å². The first-order valence-electron chi connectivity index (χ1n) is 8.35. The second kappa shape index (κ2) is 7.95. The average molecular weight is 375 g/mol. The Labute approximate surface area is 145 Å². The highest BCUT2D eigenvalue weighted by Gasteiger charge is 2.29. The van der Waals surface area contributed by atoms with E-state index in [-0.39, 0.29) is 15.5 Å². The van der Waals surface area contributed by atoms with Crippen molar-refractivity contribution in [2.75, 3.05) is 31.9 Å². The number of nitrogens with zero attached hydrogens (tertiary/aromatic N) is 1. The molecule has 1 aliphatic rings. The van der Waals surface area contributed by atoms with Crippen molar-refractivity contribution < 1.29 is 16.8 Å². The predicted octanol–water partition coefficient (Wildman–Crippen LogP) is 1.49. The Morgan fingerprint density at radius 2 is 1.71 bits per heavy atom. The van der Waals surface area contributed by atoms with Crippen molar-refractivity contribution in [2.45, 2.75) is 36.5 Å². The molecule has 0 unspecified atom stereocenters. The fraction of sp³-hybridized carbons (Fsp3) is 0.625. The number of rotatable bonds is 7. The molecule has 0 bridgehead atoms. The minimum atomic E-state index is -3.65. The summed E-state index contributed by atoms with van der Waals surface area (Å²) in [5.74, 6) is 0.440. The average Bonchev–Trinajstić information content (AvgIpc) is 2.60. The summed E-state index contributed by atoms with van der Waals surface area (Å²) in [5.41, 5.74) is 0. The van der Waals surface area contributed by atoms with Crippen LogP contribution in [0.4, 0.5) is 0 Å². The Morgan fingerprint density at radius 3 is 2.29 bits per heavy atom. The van der Waals surface area contributed by atoms with Gasteiger partial charge in [-0.3, -0.25) is 0 Å². The summed E-state index contributed by atoms with van der Waals surface area (Å²) < 4.78 is 51.0. The summed E-state index contributed by atoms with van der Waals surface area (Å²) in [7, 11) is -7.07. The van der Waals surface area contributed by atoms with E-state index in [2.05, 4.69) is 12.2 Å². The summed E-state index contributed by atoms with van der Waals surface area (Å²) >= 11 is 0. The lowest BCUT2D eigenvalue weighted by Gasteiger charge is -2.31. The molecule has 1 fully saturated rings. The Bertz CT molecular complexity index is 752. The van der Waals surface area contributed by atoms with E-state index in [0.29, 0.717) is 19.0 Å². The third-order valence-electron chi connectivity index (χ3n) is 4.44. The highest BCUT2D eigenvalue weighted by atomic mass is 32.2. The fourth-order valence-electron chi connectivity index (χ4n) is 2.85. The molecule has 136 valence electrons. The summed E-state index contributed by atoms with van der Waals surface area (Å²) in [4.78, 5) is 0.121. The maximum absolute atomic E-state index is 12.8. The Hall–Kier alpha value is -0.960. The van der Waals surface area contributed by atoms with Gasteiger partial charge in [0.05, 0.1) is 15.5 Å². The van der Waals surface area contributed by atoms with Crippen molar-refractivity contribution >= 4 is 19.9 Å². The van der Waals surface area contributed by atoms with Crippen LogP contribution < -0.4 is 5.32 Å². The van der Waals surface area contributed by atoms with E-state index in [1.807, 2.05) is 0 Å². The number of sulfone groups is 1. The fourth-order valence-corrected chi connectivity index (χ4v) is 5.36. The van der Waals surface area contributed by atoms with Gasteiger partial charge < -0.3 is 5.32 Å². The molecule has 0 aliphatic carbocycles. The second-order valence-electron chi connectivity index (χ2n) is 6.03. The molecule has 8 heteroatoms. The molecule has 1 aromatic carbocycles. The molecular weight excluding hydrogens is 348 g/mol. The van der Waals surface area contributed by atoms with E-state index >= 15 is 0 Å². The van der Waals surface area contributed by atoms with Crippen LogP contribution in [0.15, 0.2) is 34.1 Å². The number of sulfonamides is 1. The topological polar surface area (TPSA) is 83.6 Å². The van der Waals surface area contributed by atoms with Gasteiger partial charge in [-0.1, -0.05) is 19.9 Å². The molecule has 2 rings (SSSR count). The number of piperidine rings is 1. The molecule has 0 amide bonds.